The van der Waals surface area contributed by atoms with Crippen LogP contribution in [-0.2, 0) is 0 Å². The maximum absolute atomic E-state index is 11.7. The molecule has 4 nitrogen and oxygen atoms in total. The summed E-state index contributed by atoms with van der Waals surface area (Å²) < 4.78 is 1.44. The number of hydrogen-bond donors (Lipinski definition) is 1. The van der Waals surface area contributed by atoms with E-state index in [1.54, 1.807) is 11.3 Å². The lowest BCUT2D eigenvalue weighted by atomic mass is 10.2. The van der Waals surface area contributed by atoms with Crippen molar-refractivity contribution in [2.24, 2.45) is 0 Å². The van der Waals surface area contributed by atoms with Crippen molar-refractivity contribution in [3.05, 3.63) is 56.6 Å². The average molecular weight is 249 g/mol. The van der Waals surface area contributed by atoms with Gasteiger partial charge in [-0.05, 0) is 24.4 Å². The van der Waals surface area contributed by atoms with E-state index in [1.807, 2.05) is 24.4 Å². The molecule has 0 aromatic carbocycles. The van der Waals surface area contributed by atoms with Crippen molar-refractivity contribution in [1.82, 2.24) is 4.57 Å². The summed E-state index contributed by atoms with van der Waals surface area (Å²) >= 11 is 1.54. The number of hydrogen-bond acceptors (Lipinski definition) is 3. The molecule has 2 rings (SSSR count). The molecule has 0 saturated heterocycles. The number of carbonyl (C=O) groups is 1. The fourth-order valence-corrected chi connectivity index (χ4v) is 2.38. The maximum atomic E-state index is 11.7. The minimum atomic E-state index is -1.03. The third-order valence-corrected chi connectivity index (χ3v) is 3.60. The van der Waals surface area contributed by atoms with Gasteiger partial charge in [0.25, 0.3) is 5.56 Å². The van der Waals surface area contributed by atoms with Gasteiger partial charge in [-0.2, -0.15) is 0 Å². The monoisotopic (exact) mass is 249 g/mol. The predicted molar refractivity (Wildman–Crippen MR) is 65.8 cm³/mol. The molecule has 0 aliphatic carbocycles. The smallest absolute Gasteiger partial charge is 0.337 e. The molecule has 0 radical (unpaired) electrons. The molecule has 1 N–H and O–H groups in total. The molecule has 0 saturated carbocycles. The lowest BCUT2D eigenvalue weighted by molar-refractivity contribution is 0.0695. The number of rotatable bonds is 3. The topological polar surface area (TPSA) is 59.3 Å². The molecular formula is C12H11NO3S. The zero-order valence-electron chi connectivity index (χ0n) is 9.16. The quantitative estimate of drug-likeness (QED) is 0.907. The molecule has 0 aliphatic rings. The van der Waals surface area contributed by atoms with Crippen molar-refractivity contribution in [3.8, 4) is 0 Å². The lowest BCUT2D eigenvalue weighted by Crippen LogP contribution is -2.23. The van der Waals surface area contributed by atoms with Crippen LogP contribution >= 0.6 is 11.3 Å². The Morgan fingerprint density at radius 2 is 2.18 bits per heavy atom. The normalized spacial score (nSPS) is 12.3. The SMILES string of the molecule is CC(c1cccs1)n1cc(C(=O)O)ccc1=O. The number of carboxylic acid groups (broad SMARTS) is 1. The van der Waals surface area contributed by atoms with E-state index in [-0.39, 0.29) is 17.2 Å². The van der Waals surface area contributed by atoms with Crippen molar-refractivity contribution in [3.63, 3.8) is 0 Å². The predicted octanol–water partition coefficient (Wildman–Crippen LogP) is 2.22. The molecule has 2 heterocycles. The minimum absolute atomic E-state index is 0.119. The highest BCUT2D eigenvalue weighted by Crippen LogP contribution is 2.21. The van der Waals surface area contributed by atoms with Gasteiger partial charge in [0.05, 0.1) is 11.6 Å². The highest BCUT2D eigenvalue weighted by Gasteiger charge is 2.12. The van der Waals surface area contributed by atoms with Gasteiger partial charge in [-0.1, -0.05) is 6.07 Å². The summed E-state index contributed by atoms with van der Waals surface area (Å²) in [5.41, 5.74) is -0.0797. The van der Waals surface area contributed by atoms with Crippen LogP contribution in [-0.4, -0.2) is 15.6 Å². The minimum Gasteiger partial charge on any atom is -0.478 e. The van der Waals surface area contributed by atoms with Gasteiger partial charge in [0.15, 0.2) is 0 Å². The van der Waals surface area contributed by atoms with Crippen LogP contribution in [0.1, 0.15) is 28.2 Å². The van der Waals surface area contributed by atoms with Gasteiger partial charge in [-0.25, -0.2) is 4.79 Å². The standard InChI is InChI=1S/C12H11NO3S/c1-8(10-3-2-6-17-10)13-7-9(12(15)16)4-5-11(13)14/h2-8H,1H3,(H,15,16). The largest absolute Gasteiger partial charge is 0.478 e. The molecule has 17 heavy (non-hydrogen) atoms. The van der Waals surface area contributed by atoms with Crippen LogP contribution in [0.15, 0.2) is 40.6 Å². The second kappa shape index (κ2) is 4.55. The second-order valence-corrected chi connectivity index (χ2v) is 4.64. The van der Waals surface area contributed by atoms with Crippen molar-refractivity contribution in [1.29, 1.82) is 0 Å². The van der Waals surface area contributed by atoms with Crippen LogP contribution in [0.2, 0.25) is 0 Å². The van der Waals surface area contributed by atoms with Crippen molar-refractivity contribution < 1.29 is 9.90 Å². The van der Waals surface area contributed by atoms with Crippen LogP contribution in [0.5, 0.6) is 0 Å². The molecule has 0 fully saturated rings. The molecule has 2 aromatic rings. The molecule has 1 atom stereocenters. The Morgan fingerprint density at radius 3 is 2.76 bits per heavy atom. The number of carboxylic acids is 1. The molecule has 0 aliphatic heterocycles. The van der Waals surface area contributed by atoms with Crippen LogP contribution < -0.4 is 5.56 Å². The van der Waals surface area contributed by atoms with Crippen LogP contribution in [0.4, 0.5) is 0 Å². The maximum Gasteiger partial charge on any atom is 0.337 e. The Morgan fingerprint density at radius 1 is 1.41 bits per heavy atom. The molecule has 5 heteroatoms. The summed E-state index contributed by atoms with van der Waals surface area (Å²) in [6.07, 6.45) is 1.38. The average Bonchev–Trinajstić information content (AvgIpc) is 2.81. The lowest BCUT2D eigenvalue weighted by Gasteiger charge is -2.13. The molecule has 2 aromatic heterocycles. The van der Waals surface area contributed by atoms with Gasteiger partial charge in [-0.15, -0.1) is 11.3 Å². The zero-order valence-corrected chi connectivity index (χ0v) is 9.98. The van der Waals surface area contributed by atoms with Gasteiger partial charge < -0.3 is 9.67 Å². The number of pyridine rings is 1. The Kier molecular flexibility index (Phi) is 3.10. The molecule has 0 bridgehead atoms. The molecular weight excluding hydrogens is 238 g/mol. The van der Waals surface area contributed by atoms with Gasteiger partial charge in [0.2, 0.25) is 0 Å². The highest BCUT2D eigenvalue weighted by atomic mass is 32.1. The third kappa shape index (κ3) is 2.29. The number of nitrogens with zero attached hydrogens (tertiary/aromatic N) is 1. The van der Waals surface area contributed by atoms with E-state index in [4.69, 9.17) is 5.11 Å². The molecule has 88 valence electrons. The summed E-state index contributed by atoms with van der Waals surface area (Å²) in [6, 6.07) is 6.29. The first-order valence-electron chi connectivity index (χ1n) is 5.08. The molecule has 1 unspecified atom stereocenters. The van der Waals surface area contributed by atoms with Crippen LogP contribution in [0.3, 0.4) is 0 Å². The fourth-order valence-electron chi connectivity index (χ4n) is 1.60. The Labute approximate surface area is 102 Å². The fraction of sp³-hybridized carbons (Fsp3) is 0.167. The summed E-state index contributed by atoms with van der Waals surface area (Å²) in [6.45, 7) is 1.87. The van der Waals surface area contributed by atoms with E-state index in [0.29, 0.717) is 0 Å². The number of aromatic carboxylic acids is 1. The Hall–Kier alpha value is -1.88. The van der Waals surface area contributed by atoms with Gasteiger partial charge in [0, 0.05) is 17.1 Å². The van der Waals surface area contributed by atoms with Crippen LogP contribution in [0.25, 0.3) is 0 Å². The van der Waals surface area contributed by atoms with Crippen LogP contribution in [0, 0.1) is 0 Å². The summed E-state index contributed by atoms with van der Waals surface area (Å²) in [5, 5.41) is 10.8. The van der Waals surface area contributed by atoms with Gasteiger partial charge in [0.1, 0.15) is 0 Å². The summed E-state index contributed by atoms with van der Waals surface area (Å²) in [7, 11) is 0. The summed E-state index contributed by atoms with van der Waals surface area (Å²) in [5.74, 6) is -1.03. The first kappa shape index (κ1) is 11.6. The first-order chi connectivity index (χ1) is 8.09. The van der Waals surface area contributed by atoms with Gasteiger partial charge in [-0.3, -0.25) is 4.79 Å². The van der Waals surface area contributed by atoms with E-state index in [0.717, 1.165) is 4.88 Å². The van der Waals surface area contributed by atoms with Crippen molar-refractivity contribution in [2.45, 2.75) is 13.0 Å². The van der Waals surface area contributed by atoms with E-state index < -0.39 is 5.97 Å². The number of aromatic nitrogens is 1. The first-order valence-corrected chi connectivity index (χ1v) is 5.96. The van der Waals surface area contributed by atoms with E-state index in [2.05, 4.69) is 0 Å². The van der Waals surface area contributed by atoms with Crippen molar-refractivity contribution in [2.75, 3.05) is 0 Å². The number of thiophene rings is 1. The Bertz CT molecular complexity index is 586. The second-order valence-electron chi connectivity index (χ2n) is 3.66. The Balaban J connectivity index is 2.48. The van der Waals surface area contributed by atoms with E-state index >= 15 is 0 Å². The zero-order chi connectivity index (χ0) is 12.4. The van der Waals surface area contributed by atoms with E-state index in [9.17, 15) is 9.59 Å². The molecule has 0 amide bonds. The summed E-state index contributed by atoms with van der Waals surface area (Å²) in [4.78, 5) is 23.6. The van der Waals surface area contributed by atoms with E-state index in [1.165, 1.54) is 22.9 Å². The molecule has 0 spiro atoms. The van der Waals surface area contributed by atoms with Crippen molar-refractivity contribution >= 4 is 17.3 Å². The highest BCUT2D eigenvalue weighted by molar-refractivity contribution is 7.10. The van der Waals surface area contributed by atoms with Gasteiger partial charge >= 0.3 is 5.97 Å². The third-order valence-electron chi connectivity index (χ3n) is 2.56.